The standard InChI is InChI=1S/C17H17NO7S2/c1-24-11-5-3-4-9(14(11)25-2)8-12-15(21)18(17(26)27-12)10(16(22)23)6-7-13(19)20/h3-5,8,10H,6-7H2,1-2H3,(H,19,20)(H,22,23)/p-2/b12-8-/t10-/m1/s1. The van der Waals surface area contributed by atoms with Crippen LogP contribution in [0.15, 0.2) is 23.1 Å². The Morgan fingerprint density at radius 1 is 1.30 bits per heavy atom. The van der Waals surface area contributed by atoms with Gasteiger partial charge in [-0.1, -0.05) is 36.1 Å². The van der Waals surface area contributed by atoms with E-state index in [0.29, 0.717) is 17.1 Å². The van der Waals surface area contributed by atoms with Crippen molar-refractivity contribution in [1.82, 2.24) is 4.90 Å². The number of carbonyl (C=O) groups is 3. The van der Waals surface area contributed by atoms with Crippen molar-refractivity contribution in [2.24, 2.45) is 0 Å². The van der Waals surface area contributed by atoms with Gasteiger partial charge in [-0.3, -0.25) is 9.69 Å². The Balaban J connectivity index is 2.36. The summed E-state index contributed by atoms with van der Waals surface area (Å²) in [7, 11) is 2.93. The molecule has 1 aliphatic rings. The summed E-state index contributed by atoms with van der Waals surface area (Å²) >= 11 is 6.02. The molecule has 1 saturated heterocycles. The molecule has 1 aliphatic heterocycles. The number of thiocarbonyl (C=S) groups is 1. The van der Waals surface area contributed by atoms with E-state index in [-0.39, 0.29) is 15.6 Å². The lowest BCUT2D eigenvalue weighted by atomic mass is 10.1. The fraction of sp³-hybridized carbons (Fsp3) is 0.294. The fourth-order valence-electron chi connectivity index (χ4n) is 2.52. The number of methoxy groups -OCH3 is 2. The van der Waals surface area contributed by atoms with Crippen molar-refractivity contribution in [3.63, 3.8) is 0 Å². The molecule has 0 unspecified atom stereocenters. The van der Waals surface area contributed by atoms with Crippen LogP contribution in [0.3, 0.4) is 0 Å². The molecule has 0 aliphatic carbocycles. The third-order valence-corrected chi connectivity index (χ3v) is 5.08. The zero-order chi connectivity index (χ0) is 20.1. The van der Waals surface area contributed by atoms with Crippen LogP contribution in [0.25, 0.3) is 6.08 Å². The second-order valence-corrected chi connectivity index (χ2v) is 7.06. The molecule has 2 rings (SSSR count). The van der Waals surface area contributed by atoms with Crippen LogP contribution in [0, 0.1) is 0 Å². The van der Waals surface area contributed by atoms with Gasteiger partial charge in [-0.15, -0.1) is 0 Å². The molecular formula is C17H15NO7S2-2. The molecule has 0 N–H and O–H groups in total. The molecule has 0 spiro atoms. The molecule has 27 heavy (non-hydrogen) atoms. The summed E-state index contributed by atoms with van der Waals surface area (Å²) in [6.07, 6.45) is 0.594. The summed E-state index contributed by atoms with van der Waals surface area (Å²) in [5.41, 5.74) is 0.539. The van der Waals surface area contributed by atoms with Gasteiger partial charge in [0.1, 0.15) is 4.32 Å². The van der Waals surface area contributed by atoms with E-state index in [9.17, 15) is 24.6 Å². The predicted molar refractivity (Wildman–Crippen MR) is 97.6 cm³/mol. The minimum absolute atomic E-state index is 0.000612. The molecule has 10 heteroatoms. The first-order valence-corrected chi connectivity index (χ1v) is 8.91. The van der Waals surface area contributed by atoms with Crippen LogP contribution >= 0.6 is 24.0 Å². The van der Waals surface area contributed by atoms with E-state index < -0.39 is 30.3 Å². The van der Waals surface area contributed by atoms with Gasteiger partial charge in [0.15, 0.2) is 11.5 Å². The van der Waals surface area contributed by atoms with E-state index in [1.54, 1.807) is 18.2 Å². The summed E-state index contributed by atoms with van der Waals surface area (Å²) in [5, 5.41) is 22.0. The number of para-hydroxylation sites is 1. The number of hydrogen-bond acceptors (Lipinski definition) is 9. The van der Waals surface area contributed by atoms with Crippen molar-refractivity contribution >= 4 is 52.2 Å². The van der Waals surface area contributed by atoms with Crippen LogP contribution in [-0.4, -0.2) is 47.3 Å². The van der Waals surface area contributed by atoms with Crippen molar-refractivity contribution in [2.45, 2.75) is 18.9 Å². The van der Waals surface area contributed by atoms with Gasteiger partial charge in [0, 0.05) is 11.5 Å². The SMILES string of the molecule is COc1cccc(/C=C2\SC(=S)N([C@H](CCC(=O)[O-])C(=O)[O-])C2=O)c1OC. The normalized spacial score (nSPS) is 16.5. The Hall–Kier alpha value is -2.59. The Kier molecular flexibility index (Phi) is 6.81. The lowest BCUT2D eigenvalue weighted by Gasteiger charge is -2.27. The number of carboxylic acid groups (broad SMARTS) is 2. The van der Waals surface area contributed by atoms with Crippen molar-refractivity contribution in [2.75, 3.05) is 14.2 Å². The number of amides is 1. The van der Waals surface area contributed by atoms with Gasteiger partial charge in [-0.05, 0) is 25.0 Å². The molecule has 0 saturated carbocycles. The molecule has 0 radical (unpaired) electrons. The van der Waals surface area contributed by atoms with E-state index in [2.05, 4.69) is 0 Å². The quantitative estimate of drug-likeness (QED) is 0.415. The van der Waals surface area contributed by atoms with Crippen LogP contribution in [0.1, 0.15) is 18.4 Å². The van der Waals surface area contributed by atoms with E-state index in [1.165, 1.54) is 20.3 Å². The van der Waals surface area contributed by atoms with Crippen LogP contribution < -0.4 is 19.7 Å². The predicted octanol–water partition coefficient (Wildman–Crippen LogP) is -0.446. The maximum atomic E-state index is 12.7. The number of aliphatic carboxylic acids is 2. The number of carboxylic acids is 2. The van der Waals surface area contributed by atoms with Gasteiger partial charge >= 0.3 is 0 Å². The second kappa shape index (κ2) is 8.87. The summed E-state index contributed by atoms with van der Waals surface area (Å²) < 4.78 is 10.5. The number of ether oxygens (including phenoxy) is 2. The summed E-state index contributed by atoms with van der Waals surface area (Å²) in [4.78, 5) is 35.8. The molecule has 1 atom stereocenters. The first-order chi connectivity index (χ1) is 12.8. The molecule has 8 nitrogen and oxygen atoms in total. The Bertz CT molecular complexity index is 821. The Morgan fingerprint density at radius 3 is 2.56 bits per heavy atom. The van der Waals surface area contributed by atoms with Gasteiger partial charge in [0.05, 0.1) is 31.1 Å². The highest BCUT2D eigenvalue weighted by atomic mass is 32.2. The van der Waals surface area contributed by atoms with Crippen LogP contribution in [-0.2, 0) is 14.4 Å². The van der Waals surface area contributed by atoms with Crippen LogP contribution in [0.5, 0.6) is 11.5 Å². The topological polar surface area (TPSA) is 119 Å². The first-order valence-electron chi connectivity index (χ1n) is 7.68. The lowest BCUT2D eigenvalue weighted by Crippen LogP contribution is -2.50. The maximum absolute atomic E-state index is 12.7. The Morgan fingerprint density at radius 2 is 2.00 bits per heavy atom. The second-order valence-electron chi connectivity index (χ2n) is 5.38. The van der Waals surface area contributed by atoms with Crippen molar-refractivity contribution in [1.29, 1.82) is 0 Å². The summed E-state index contributed by atoms with van der Waals surface area (Å²) in [6.45, 7) is 0. The molecule has 144 valence electrons. The summed E-state index contributed by atoms with van der Waals surface area (Å²) in [5.74, 6) is -2.81. The van der Waals surface area contributed by atoms with E-state index in [1.807, 2.05) is 0 Å². The minimum atomic E-state index is -1.59. The van der Waals surface area contributed by atoms with E-state index in [4.69, 9.17) is 21.7 Å². The van der Waals surface area contributed by atoms with Crippen LogP contribution in [0.2, 0.25) is 0 Å². The number of thioether (sulfide) groups is 1. The fourth-order valence-corrected chi connectivity index (χ4v) is 3.87. The summed E-state index contributed by atoms with van der Waals surface area (Å²) in [6, 6.07) is 3.60. The van der Waals surface area contributed by atoms with Crippen molar-refractivity contribution < 1.29 is 34.1 Å². The number of benzene rings is 1. The highest BCUT2D eigenvalue weighted by molar-refractivity contribution is 8.26. The molecule has 1 aromatic rings. The molecule has 0 bridgehead atoms. The van der Waals surface area contributed by atoms with Gasteiger partial charge in [-0.2, -0.15) is 0 Å². The number of rotatable bonds is 8. The highest BCUT2D eigenvalue weighted by Crippen LogP contribution is 2.38. The zero-order valence-electron chi connectivity index (χ0n) is 14.4. The van der Waals surface area contributed by atoms with Gasteiger partial charge in [0.25, 0.3) is 5.91 Å². The minimum Gasteiger partial charge on any atom is -0.550 e. The van der Waals surface area contributed by atoms with Crippen LogP contribution in [0.4, 0.5) is 0 Å². The average Bonchev–Trinajstić information content (AvgIpc) is 2.88. The Labute approximate surface area is 164 Å². The molecule has 1 aromatic carbocycles. The highest BCUT2D eigenvalue weighted by Gasteiger charge is 2.37. The molecular weight excluding hydrogens is 394 g/mol. The largest absolute Gasteiger partial charge is 0.550 e. The third-order valence-electron chi connectivity index (χ3n) is 3.75. The monoisotopic (exact) mass is 409 g/mol. The smallest absolute Gasteiger partial charge is 0.266 e. The van der Waals surface area contributed by atoms with Crippen molar-refractivity contribution in [3.05, 3.63) is 28.7 Å². The average molecular weight is 409 g/mol. The molecule has 1 fully saturated rings. The maximum Gasteiger partial charge on any atom is 0.266 e. The third kappa shape index (κ3) is 4.58. The van der Waals surface area contributed by atoms with E-state index >= 15 is 0 Å². The van der Waals surface area contributed by atoms with Gasteiger partial charge in [-0.25, -0.2) is 0 Å². The first kappa shape index (κ1) is 20.7. The molecule has 1 heterocycles. The van der Waals surface area contributed by atoms with Gasteiger partial charge < -0.3 is 29.3 Å². The van der Waals surface area contributed by atoms with Crippen molar-refractivity contribution in [3.8, 4) is 11.5 Å². The zero-order valence-corrected chi connectivity index (χ0v) is 16.1. The number of hydrogen-bond donors (Lipinski definition) is 0. The van der Waals surface area contributed by atoms with E-state index in [0.717, 1.165) is 16.7 Å². The molecule has 0 aromatic heterocycles. The molecule has 1 amide bonds. The lowest BCUT2D eigenvalue weighted by molar-refractivity contribution is -0.311. The number of nitrogens with zero attached hydrogens (tertiary/aromatic N) is 1. The van der Waals surface area contributed by atoms with Gasteiger partial charge in [0.2, 0.25) is 0 Å². The number of carbonyl (C=O) groups excluding carboxylic acids is 3.